The molecule has 2 aliphatic heterocycles. The molecule has 2 saturated heterocycles. The van der Waals surface area contributed by atoms with Crippen molar-refractivity contribution in [1.29, 1.82) is 0 Å². The van der Waals surface area contributed by atoms with Gasteiger partial charge in [0.05, 0.1) is 21.1 Å². The summed E-state index contributed by atoms with van der Waals surface area (Å²) in [6.45, 7) is 0.275. The molecular formula is C14H20I2N2O8. The molecule has 0 radical (unpaired) electrons. The van der Waals surface area contributed by atoms with E-state index in [0.717, 1.165) is 0 Å². The highest BCUT2D eigenvalue weighted by atomic mass is 127. The predicted molar refractivity (Wildman–Crippen MR) is 105 cm³/mol. The van der Waals surface area contributed by atoms with Gasteiger partial charge in [-0.15, -0.1) is 0 Å². The lowest BCUT2D eigenvalue weighted by Gasteiger charge is -2.19. The van der Waals surface area contributed by atoms with Crippen LogP contribution in [0.2, 0.25) is 0 Å². The zero-order valence-electron chi connectivity index (χ0n) is 13.6. The van der Waals surface area contributed by atoms with E-state index in [1.165, 1.54) is 9.80 Å². The lowest BCUT2D eigenvalue weighted by atomic mass is 10.2. The molecule has 2 aliphatic rings. The lowest BCUT2D eigenvalue weighted by molar-refractivity contribution is -0.147. The number of aliphatic hydroxyl groups is 2. The minimum Gasteiger partial charge on any atom is -0.480 e. The minimum atomic E-state index is -1.05. The first-order chi connectivity index (χ1) is 12.1. The second kappa shape index (κ2) is 10.6. The quantitative estimate of drug-likeness (QED) is 0.236. The summed E-state index contributed by atoms with van der Waals surface area (Å²) in [5.74, 6) is -2.56. The average molecular weight is 598 g/mol. The average Bonchev–Trinajstić information content (AvgIpc) is 3.17. The van der Waals surface area contributed by atoms with Gasteiger partial charge in [-0.25, -0.2) is 9.59 Å². The third kappa shape index (κ3) is 6.16. The SMILES string of the molecule is O=C(O)[C@H]1C[C@@H](O)CN1C(=O)CI.O=C(O)[C@H]1C[C@@H](O)CN1C(=O)CI. The number of nitrogens with zero attached hydrogens (tertiary/aromatic N) is 2. The van der Waals surface area contributed by atoms with Crippen LogP contribution in [0.5, 0.6) is 0 Å². The Bertz CT molecular complexity index is 513. The molecule has 0 aromatic rings. The maximum absolute atomic E-state index is 11.2. The molecule has 26 heavy (non-hydrogen) atoms. The van der Waals surface area contributed by atoms with Crippen LogP contribution in [-0.2, 0) is 19.2 Å². The van der Waals surface area contributed by atoms with Crippen molar-refractivity contribution in [1.82, 2.24) is 9.80 Å². The summed E-state index contributed by atoms with van der Waals surface area (Å²) in [5.41, 5.74) is 0. The number of alkyl halides is 2. The van der Waals surface area contributed by atoms with Crippen molar-refractivity contribution >= 4 is 68.9 Å². The Labute approximate surface area is 176 Å². The molecule has 0 aliphatic carbocycles. The first kappa shape index (κ1) is 23.3. The van der Waals surface area contributed by atoms with Crippen molar-refractivity contribution < 1.29 is 39.6 Å². The zero-order valence-corrected chi connectivity index (χ0v) is 17.9. The fraction of sp³-hybridized carbons (Fsp3) is 0.714. The fourth-order valence-corrected chi connectivity index (χ4v) is 3.68. The van der Waals surface area contributed by atoms with Crippen LogP contribution in [0, 0.1) is 0 Å². The summed E-state index contributed by atoms with van der Waals surface area (Å²) in [6.07, 6.45) is -1.13. The van der Waals surface area contributed by atoms with Crippen molar-refractivity contribution in [3.8, 4) is 0 Å². The van der Waals surface area contributed by atoms with E-state index in [0.29, 0.717) is 0 Å². The van der Waals surface area contributed by atoms with Gasteiger partial charge in [0.1, 0.15) is 12.1 Å². The van der Waals surface area contributed by atoms with Gasteiger partial charge in [0.25, 0.3) is 0 Å². The van der Waals surface area contributed by atoms with Crippen LogP contribution >= 0.6 is 45.2 Å². The molecule has 10 nitrogen and oxygen atoms in total. The number of aliphatic carboxylic acids is 2. The first-order valence-electron chi connectivity index (χ1n) is 7.64. The number of hydrogen-bond donors (Lipinski definition) is 4. The molecule has 0 bridgehead atoms. The number of hydrogen-bond acceptors (Lipinski definition) is 6. The second-order valence-electron chi connectivity index (χ2n) is 5.85. The maximum Gasteiger partial charge on any atom is 0.326 e. The van der Waals surface area contributed by atoms with Gasteiger partial charge in [0, 0.05) is 25.9 Å². The summed E-state index contributed by atoms with van der Waals surface area (Å²) >= 11 is 3.76. The number of likely N-dealkylation sites (tertiary alicyclic amines) is 2. The van der Waals surface area contributed by atoms with Gasteiger partial charge in [0.2, 0.25) is 11.8 Å². The molecule has 4 N–H and O–H groups in total. The normalized spacial score (nSPS) is 27.7. The van der Waals surface area contributed by atoms with E-state index in [2.05, 4.69) is 0 Å². The standard InChI is InChI=1S/2C7H10INO4/c2*8-2-6(11)9-3-4(10)1-5(9)7(12)13/h2*4-5,10H,1-3H2,(H,12,13)/t2*4-,5-/m11/s1. The van der Waals surface area contributed by atoms with Gasteiger partial charge in [-0.1, -0.05) is 45.2 Å². The van der Waals surface area contributed by atoms with Crippen LogP contribution in [0.3, 0.4) is 0 Å². The molecule has 2 fully saturated rings. The van der Waals surface area contributed by atoms with Crippen LogP contribution in [0.25, 0.3) is 0 Å². The number of amides is 2. The van der Waals surface area contributed by atoms with Crippen LogP contribution in [0.15, 0.2) is 0 Å². The Morgan fingerprint density at radius 3 is 1.31 bits per heavy atom. The van der Waals surface area contributed by atoms with Crippen molar-refractivity contribution in [3.05, 3.63) is 0 Å². The molecule has 12 heteroatoms. The predicted octanol–water partition coefficient (Wildman–Crippen LogP) is -1.06. The van der Waals surface area contributed by atoms with Crippen molar-refractivity contribution in [2.45, 2.75) is 37.1 Å². The van der Waals surface area contributed by atoms with Gasteiger partial charge >= 0.3 is 11.9 Å². The maximum atomic E-state index is 11.2. The molecule has 2 rings (SSSR count). The van der Waals surface area contributed by atoms with Gasteiger partial charge < -0.3 is 30.2 Å². The van der Waals surface area contributed by atoms with E-state index in [1.807, 2.05) is 45.2 Å². The highest BCUT2D eigenvalue weighted by Crippen LogP contribution is 2.19. The first-order valence-corrected chi connectivity index (χ1v) is 10.7. The van der Waals surface area contributed by atoms with Crippen LogP contribution < -0.4 is 0 Å². The van der Waals surface area contributed by atoms with E-state index in [-0.39, 0.29) is 46.6 Å². The fourth-order valence-electron chi connectivity index (χ4n) is 2.80. The molecule has 2 heterocycles. The number of rotatable bonds is 4. The molecular weight excluding hydrogens is 578 g/mol. The third-order valence-corrected chi connectivity index (χ3v) is 5.30. The van der Waals surface area contributed by atoms with E-state index >= 15 is 0 Å². The summed E-state index contributed by atoms with van der Waals surface area (Å²) in [6, 6.07) is -1.70. The van der Waals surface area contributed by atoms with Gasteiger partial charge in [-0.2, -0.15) is 0 Å². The Morgan fingerprint density at radius 1 is 0.769 bits per heavy atom. The van der Waals surface area contributed by atoms with Crippen LogP contribution in [0.1, 0.15) is 12.8 Å². The van der Waals surface area contributed by atoms with Crippen molar-refractivity contribution in [2.75, 3.05) is 21.9 Å². The zero-order chi connectivity index (χ0) is 20.0. The largest absolute Gasteiger partial charge is 0.480 e. The van der Waals surface area contributed by atoms with Gasteiger partial charge in [-0.05, 0) is 0 Å². The molecule has 148 valence electrons. The molecule has 0 aromatic heterocycles. The Morgan fingerprint density at radius 2 is 1.08 bits per heavy atom. The number of carboxylic acids is 2. The second-order valence-corrected chi connectivity index (χ2v) is 7.37. The molecule has 4 atom stereocenters. The topological polar surface area (TPSA) is 156 Å². The van der Waals surface area contributed by atoms with Gasteiger partial charge in [0.15, 0.2) is 0 Å². The highest BCUT2D eigenvalue weighted by molar-refractivity contribution is 14.1. The molecule has 2 amide bonds. The highest BCUT2D eigenvalue weighted by Gasteiger charge is 2.39. The van der Waals surface area contributed by atoms with E-state index < -0.39 is 36.2 Å². The molecule has 0 spiro atoms. The Balaban J connectivity index is 0.000000260. The smallest absolute Gasteiger partial charge is 0.326 e. The van der Waals surface area contributed by atoms with Gasteiger partial charge in [-0.3, -0.25) is 9.59 Å². The number of carboxylic acid groups (broad SMARTS) is 2. The van der Waals surface area contributed by atoms with E-state index in [1.54, 1.807) is 0 Å². The van der Waals surface area contributed by atoms with Crippen molar-refractivity contribution in [2.24, 2.45) is 0 Å². The molecule has 0 saturated carbocycles. The minimum absolute atomic E-state index is 0.137. The van der Waals surface area contributed by atoms with Crippen molar-refractivity contribution in [3.63, 3.8) is 0 Å². The Hall–Kier alpha value is -0.740. The van der Waals surface area contributed by atoms with Crippen LogP contribution in [-0.4, -0.2) is 100 Å². The number of carbonyl (C=O) groups is 4. The molecule has 0 aromatic carbocycles. The third-order valence-electron chi connectivity index (χ3n) is 4.00. The number of aliphatic hydroxyl groups excluding tert-OH is 2. The summed E-state index contributed by atoms with van der Waals surface area (Å²) < 4.78 is 0.489. The molecule has 0 unspecified atom stereocenters. The summed E-state index contributed by atoms with van der Waals surface area (Å²) in [4.78, 5) is 46.2. The van der Waals surface area contributed by atoms with E-state index in [9.17, 15) is 29.4 Å². The number of halogens is 2. The number of carbonyl (C=O) groups excluding carboxylic acids is 2. The summed E-state index contributed by atoms with van der Waals surface area (Å²) in [7, 11) is 0. The van der Waals surface area contributed by atoms with Crippen LogP contribution in [0.4, 0.5) is 0 Å². The summed E-state index contributed by atoms with van der Waals surface area (Å²) in [5, 5.41) is 35.9. The van der Waals surface area contributed by atoms with E-state index in [4.69, 9.17) is 10.2 Å². The Kier molecular flexibility index (Phi) is 9.46. The lowest BCUT2D eigenvalue weighted by Crippen LogP contribution is -2.41. The number of β-amino-alcohol motifs (C(OH)–C–C–N with tert-alkyl or cyclic N) is 2. The monoisotopic (exact) mass is 598 g/mol.